The lowest BCUT2D eigenvalue weighted by Crippen LogP contribution is -2.50. The van der Waals surface area contributed by atoms with Gasteiger partial charge in [0.1, 0.15) is 5.76 Å². The van der Waals surface area contributed by atoms with Crippen molar-refractivity contribution in [3.63, 3.8) is 0 Å². The van der Waals surface area contributed by atoms with Crippen LogP contribution in [0.15, 0.2) is 33.6 Å². The number of rotatable bonds is 5. The predicted octanol–water partition coefficient (Wildman–Crippen LogP) is 3.35. The highest BCUT2D eigenvalue weighted by atomic mass is 35.5. The van der Waals surface area contributed by atoms with Crippen molar-refractivity contribution in [2.75, 3.05) is 0 Å². The van der Waals surface area contributed by atoms with Gasteiger partial charge in [0, 0.05) is 5.02 Å². The summed E-state index contributed by atoms with van der Waals surface area (Å²) >= 11 is 5.86. The number of hydrogen-bond acceptors (Lipinski definition) is 5. The number of hydrogen-bond donors (Lipinski definition) is 1. The maximum atomic E-state index is 13.2. The summed E-state index contributed by atoms with van der Waals surface area (Å²) in [5.74, 6) is 0.544. The van der Waals surface area contributed by atoms with Gasteiger partial charge in [0.2, 0.25) is 11.8 Å². The van der Waals surface area contributed by atoms with Crippen molar-refractivity contribution in [1.29, 1.82) is 0 Å². The lowest BCUT2D eigenvalue weighted by atomic mass is 10.1. The quantitative estimate of drug-likeness (QED) is 0.837. The van der Waals surface area contributed by atoms with Crippen LogP contribution in [0, 0.1) is 13.8 Å². The highest BCUT2D eigenvalue weighted by Crippen LogP contribution is 2.41. The first-order valence-corrected chi connectivity index (χ1v) is 10.3. The van der Waals surface area contributed by atoms with E-state index in [9.17, 15) is 13.2 Å². The zero-order valence-corrected chi connectivity index (χ0v) is 16.3. The second-order valence-corrected chi connectivity index (χ2v) is 9.29. The van der Waals surface area contributed by atoms with E-state index in [1.54, 1.807) is 6.92 Å². The second-order valence-electron chi connectivity index (χ2n) is 6.59. The number of oxazole rings is 1. The van der Waals surface area contributed by atoms with E-state index < -0.39 is 20.5 Å². The zero-order chi connectivity index (χ0) is 18.9. The molecular weight excluding hydrogens is 376 g/mol. The summed E-state index contributed by atoms with van der Waals surface area (Å²) in [7, 11) is -3.85. The average molecular weight is 397 g/mol. The zero-order valence-electron chi connectivity index (χ0n) is 14.7. The first-order valence-electron chi connectivity index (χ1n) is 8.48. The average Bonchev–Trinajstić information content (AvgIpc) is 3.22. The molecule has 0 saturated heterocycles. The molecule has 1 aromatic heterocycles. The molecule has 1 aliphatic rings. The molecular formula is C18H21ClN2O4S. The number of aromatic nitrogens is 1. The predicted molar refractivity (Wildman–Crippen MR) is 97.7 cm³/mol. The van der Waals surface area contributed by atoms with Gasteiger partial charge in [-0.25, -0.2) is 13.4 Å². The second kappa shape index (κ2) is 7.04. The molecule has 1 N–H and O–H groups in total. The van der Waals surface area contributed by atoms with Crippen LogP contribution in [0.2, 0.25) is 5.02 Å². The van der Waals surface area contributed by atoms with Crippen molar-refractivity contribution in [3.8, 4) is 0 Å². The molecule has 1 saturated carbocycles. The molecule has 0 bridgehead atoms. The van der Waals surface area contributed by atoms with Crippen LogP contribution in [0.1, 0.15) is 43.0 Å². The third-order valence-corrected chi connectivity index (χ3v) is 7.70. The number of nitrogens with one attached hydrogen (secondary N) is 1. The van der Waals surface area contributed by atoms with Gasteiger partial charge in [-0.1, -0.05) is 24.4 Å². The van der Waals surface area contributed by atoms with Crippen LogP contribution in [0.4, 0.5) is 0 Å². The smallest absolute Gasteiger partial charge is 0.242 e. The number of amides is 1. The number of halogens is 1. The fourth-order valence-electron chi connectivity index (χ4n) is 3.34. The summed E-state index contributed by atoms with van der Waals surface area (Å²) < 4.78 is 30.5. The molecule has 1 heterocycles. The Hall–Kier alpha value is -1.86. The first kappa shape index (κ1) is 18.9. The number of carbonyl (C=O) groups is 1. The van der Waals surface area contributed by atoms with E-state index in [-0.39, 0.29) is 11.4 Å². The molecule has 3 rings (SSSR count). The minimum atomic E-state index is -3.85. The molecule has 0 atom stereocenters. The highest BCUT2D eigenvalue weighted by molar-refractivity contribution is 7.93. The van der Waals surface area contributed by atoms with Crippen molar-refractivity contribution in [2.45, 2.75) is 55.7 Å². The summed E-state index contributed by atoms with van der Waals surface area (Å²) in [6.45, 7) is 3.66. The molecule has 0 radical (unpaired) electrons. The topological polar surface area (TPSA) is 89.3 Å². The van der Waals surface area contributed by atoms with E-state index in [1.165, 1.54) is 24.3 Å². The standard InChI is InChI=1S/C18H21ClN2O4S/c1-12-13(2)25-16(21-12)11-20-17(22)18(9-3-4-10-18)26(23,24)15-7-5-14(19)6-8-15/h5-8H,3-4,9-11H2,1-2H3,(H,20,22). The van der Waals surface area contributed by atoms with Crippen LogP contribution in [0.25, 0.3) is 0 Å². The van der Waals surface area contributed by atoms with Gasteiger partial charge in [0.05, 0.1) is 17.1 Å². The SMILES string of the molecule is Cc1nc(CNC(=O)C2(S(=O)(=O)c3ccc(Cl)cc3)CCCC2)oc1C. The summed E-state index contributed by atoms with van der Waals surface area (Å²) in [4.78, 5) is 17.3. The van der Waals surface area contributed by atoms with E-state index in [2.05, 4.69) is 10.3 Å². The minimum Gasteiger partial charge on any atom is -0.444 e. The van der Waals surface area contributed by atoms with Crippen LogP contribution in [0.5, 0.6) is 0 Å². The van der Waals surface area contributed by atoms with Crippen LogP contribution in [-0.4, -0.2) is 24.1 Å². The summed E-state index contributed by atoms with van der Waals surface area (Å²) in [5.41, 5.74) is 0.749. The van der Waals surface area contributed by atoms with Gasteiger partial charge >= 0.3 is 0 Å². The van der Waals surface area contributed by atoms with Gasteiger partial charge < -0.3 is 9.73 Å². The lowest BCUT2D eigenvalue weighted by molar-refractivity contribution is -0.123. The Labute approximate surface area is 157 Å². The third kappa shape index (κ3) is 3.25. The molecule has 1 aromatic carbocycles. The number of sulfone groups is 1. The number of benzene rings is 1. The normalized spacial score (nSPS) is 16.6. The summed E-state index contributed by atoms with van der Waals surface area (Å²) in [6, 6.07) is 5.94. The number of carbonyl (C=O) groups excluding carboxylic acids is 1. The maximum Gasteiger partial charge on any atom is 0.242 e. The minimum absolute atomic E-state index is 0.0609. The molecule has 2 aromatic rings. The fraction of sp³-hybridized carbons (Fsp3) is 0.444. The van der Waals surface area contributed by atoms with Crippen LogP contribution in [-0.2, 0) is 21.2 Å². The first-order chi connectivity index (χ1) is 12.3. The summed E-state index contributed by atoms with van der Waals surface area (Å²) in [6.07, 6.45) is 1.98. The molecule has 0 unspecified atom stereocenters. The van der Waals surface area contributed by atoms with E-state index in [4.69, 9.17) is 16.0 Å². The Morgan fingerprint density at radius 2 is 1.85 bits per heavy atom. The van der Waals surface area contributed by atoms with E-state index in [0.717, 1.165) is 5.69 Å². The molecule has 8 heteroatoms. The van der Waals surface area contributed by atoms with Crippen molar-refractivity contribution >= 4 is 27.3 Å². The van der Waals surface area contributed by atoms with Gasteiger partial charge in [0.15, 0.2) is 14.6 Å². The number of aryl methyl sites for hydroxylation is 2. The molecule has 1 aliphatic carbocycles. The largest absolute Gasteiger partial charge is 0.444 e. The van der Waals surface area contributed by atoms with E-state index in [0.29, 0.717) is 42.4 Å². The van der Waals surface area contributed by atoms with Crippen molar-refractivity contribution in [2.24, 2.45) is 0 Å². The molecule has 6 nitrogen and oxygen atoms in total. The Kier molecular flexibility index (Phi) is 5.12. The lowest BCUT2D eigenvalue weighted by Gasteiger charge is -2.27. The van der Waals surface area contributed by atoms with Crippen molar-refractivity contribution in [1.82, 2.24) is 10.3 Å². The molecule has 1 amide bonds. The molecule has 0 aliphatic heterocycles. The van der Waals surface area contributed by atoms with Crippen LogP contribution in [0.3, 0.4) is 0 Å². The number of nitrogens with zero attached hydrogens (tertiary/aromatic N) is 1. The van der Waals surface area contributed by atoms with Crippen molar-refractivity contribution < 1.29 is 17.6 Å². The maximum absolute atomic E-state index is 13.2. The van der Waals surface area contributed by atoms with E-state index in [1.807, 2.05) is 6.92 Å². The Morgan fingerprint density at radius 3 is 2.38 bits per heavy atom. The van der Waals surface area contributed by atoms with Crippen molar-refractivity contribution in [3.05, 3.63) is 46.6 Å². The van der Waals surface area contributed by atoms with Gasteiger partial charge in [-0.15, -0.1) is 0 Å². The summed E-state index contributed by atoms with van der Waals surface area (Å²) in [5, 5.41) is 3.16. The Bertz CT molecular complexity index is 894. The highest BCUT2D eigenvalue weighted by Gasteiger charge is 2.52. The van der Waals surface area contributed by atoms with Gasteiger partial charge in [0.25, 0.3) is 0 Å². The van der Waals surface area contributed by atoms with Gasteiger partial charge in [-0.3, -0.25) is 4.79 Å². The molecule has 0 spiro atoms. The third-order valence-electron chi connectivity index (χ3n) is 4.94. The van der Waals surface area contributed by atoms with Gasteiger partial charge in [-0.2, -0.15) is 0 Å². The Morgan fingerprint density at radius 1 is 1.23 bits per heavy atom. The Balaban J connectivity index is 1.86. The van der Waals surface area contributed by atoms with Crippen LogP contribution >= 0.6 is 11.6 Å². The van der Waals surface area contributed by atoms with E-state index >= 15 is 0 Å². The van der Waals surface area contributed by atoms with Gasteiger partial charge in [-0.05, 0) is 51.0 Å². The molecule has 1 fully saturated rings. The van der Waals surface area contributed by atoms with Crippen LogP contribution < -0.4 is 5.32 Å². The molecule has 140 valence electrons. The molecule has 26 heavy (non-hydrogen) atoms. The fourth-order valence-corrected chi connectivity index (χ4v) is 5.55. The monoisotopic (exact) mass is 396 g/mol.